The van der Waals surface area contributed by atoms with Crippen molar-refractivity contribution in [1.82, 2.24) is 0 Å². The molecule has 0 atom stereocenters. The van der Waals surface area contributed by atoms with Crippen LogP contribution in [0.3, 0.4) is 0 Å². The maximum atomic E-state index is 11.0. The van der Waals surface area contributed by atoms with Gasteiger partial charge in [0.15, 0.2) is 0 Å². The zero-order valence-corrected chi connectivity index (χ0v) is 9.32. The van der Waals surface area contributed by atoms with E-state index in [2.05, 4.69) is 17.4 Å². The Hall–Kier alpha value is -1.61. The molecule has 0 bridgehead atoms. The molecular formula is C13H17NO2. The molecule has 1 aromatic carbocycles. The molecule has 0 heterocycles. The number of esters is 1. The summed E-state index contributed by atoms with van der Waals surface area (Å²) in [6.07, 6.45) is 3.22. The number of carbonyl (C=O) groups is 1. The quantitative estimate of drug-likeness (QED) is 0.589. The second kappa shape index (κ2) is 6.80. The number of rotatable bonds is 6. The van der Waals surface area contributed by atoms with E-state index in [4.69, 9.17) is 5.73 Å². The Labute approximate surface area is 95.9 Å². The molecule has 0 saturated carbocycles. The Bertz CT molecular complexity index is 361. The molecule has 2 N–H and O–H groups in total. The average molecular weight is 219 g/mol. The molecule has 0 aromatic heterocycles. The van der Waals surface area contributed by atoms with Gasteiger partial charge in [-0.05, 0) is 24.0 Å². The topological polar surface area (TPSA) is 52.3 Å². The van der Waals surface area contributed by atoms with Gasteiger partial charge in [0.25, 0.3) is 0 Å². The van der Waals surface area contributed by atoms with Crippen LogP contribution in [-0.2, 0) is 22.5 Å². The summed E-state index contributed by atoms with van der Waals surface area (Å²) in [5.41, 5.74) is 7.87. The van der Waals surface area contributed by atoms with Crippen molar-refractivity contribution >= 4 is 5.97 Å². The Morgan fingerprint density at radius 1 is 1.44 bits per heavy atom. The molecule has 3 heteroatoms. The van der Waals surface area contributed by atoms with Crippen LogP contribution < -0.4 is 5.73 Å². The molecule has 86 valence electrons. The summed E-state index contributed by atoms with van der Waals surface area (Å²) in [7, 11) is 0. The van der Waals surface area contributed by atoms with E-state index in [0.29, 0.717) is 13.0 Å². The van der Waals surface area contributed by atoms with Crippen LogP contribution in [0.4, 0.5) is 0 Å². The van der Waals surface area contributed by atoms with Gasteiger partial charge in [0.1, 0.15) is 0 Å². The maximum Gasteiger partial charge on any atom is 0.310 e. The van der Waals surface area contributed by atoms with Gasteiger partial charge < -0.3 is 10.5 Å². The van der Waals surface area contributed by atoms with Gasteiger partial charge in [-0.2, -0.15) is 0 Å². The number of benzene rings is 1. The van der Waals surface area contributed by atoms with Crippen molar-refractivity contribution in [2.75, 3.05) is 0 Å². The lowest BCUT2D eigenvalue weighted by molar-refractivity contribution is -0.138. The summed E-state index contributed by atoms with van der Waals surface area (Å²) >= 11 is 0. The molecule has 0 spiro atoms. The number of ether oxygens (including phenoxy) is 1. The monoisotopic (exact) mass is 219 g/mol. The summed E-state index contributed by atoms with van der Waals surface area (Å²) in [5, 5.41) is 0. The fourth-order valence-electron chi connectivity index (χ4n) is 1.50. The zero-order chi connectivity index (χ0) is 11.8. The minimum absolute atomic E-state index is 0.232. The van der Waals surface area contributed by atoms with Crippen molar-refractivity contribution in [2.24, 2.45) is 5.73 Å². The van der Waals surface area contributed by atoms with Crippen LogP contribution in [0.25, 0.3) is 0 Å². The van der Waals surface area contributed by atoms with Gasteiger partial charge >= 0.3 is 5.97 Å². The highest BCUT2D eigenvalue weighted by molar-refractivity contribution is 5.69. The molecule has 3 nitrogen and oxygen atoms in total. The second-order valence-electron chi connectivity index (χ2n) is 3.53. The van der Waals surface area contributed by atoms with Crippen molar-refractivity contribution in [1.29, 1.82) is 0 Å². The average Bonchev–Trinajstić information content (AvgIpc) is 2.30. The summed E-state index contributed by atoms with van der Waals surface area (Å²) in [6.45, 7) is 3.88. The van der Waals surface area contributed by atoms with E-state index in [-0.39, 0.29) is 5.97 Å². The highest BCUT2D eigenvalue weighted by Crippen LogP contribution is 2.08. The minimum atomic E-state index is -0.232. The van der Waals surface area contributed by atoms with E-state index >= 15 is 0 Å². The van der Waals surface area contributed by atoms with Crippen molar-refractivity contribution < 1.29 is 9.53 Å². The highest BCUT2D eigenvalue weighted by Gasteiger charge is 2.01. The highest BCUT2D eigenvalue weighted by atomic mass is 16.5. The molecule has 0 aliphatic carbocycles. The SMILES string of the molecule is C=COC(=O)CCCc1cccc(CN)c1. The minimum Gasteiger partial charge on any atom is -0.435 e. The standard InChI is InChI=1S/C13H17NO2/c1-2-16-13(15)8-4-6-11-5-3-7-12(9-11)10-14/h2-3,5,7,9H,1,4,6,8,10,14H2. The molecule has 0 saturated heterocycles. The van der Waals surface area contributed by atoms with Crippen LogP contribution in [0.1, 0.15) is 24.0 Å². The first-order valence-electron chi connectivity index (χ1n) is 5.34. The van der Waals surface area contributed by atoms with E-state index in [9.17, 15) is 4.79 Å². The van der Waals surface area contributed by atoms with E-state index < -0.39 is 0 Å². The van der Waals surface area contributed by atoms with Gasteiger partial charge in [-0.15, -0.1) is 0 Å². The molecule has 1 aromatic rings. The van der Waals surface area contributed by atoms with Crippen molar-refractivity contribution in [3.8, 4) is 0 Å². The van der Waals surface area contributed by atoms with Crippen LogP contribution in [0, 0.1) is 0 Å². The Balaban J connectivity index is 2.36. The second-order valence-corrected chi connectivity index (χ2v) is 3.53. The van der Waals surface area contributed by atoms with Crippen molar-refractivity contribution in [3.63, 3.8) is 0 Å². The van der Waals surface area contributed by atoms with Gasteiger partial charge in [0.2, 0.25) is 0 Å². The molecule has 0 amide bonds. The zero-order valence-electron chi connectivity index (χ0n) is 9.32. The fraction of sp³-hybridized carbons (Fsp3) is 0.308. The predicted octanol–water partition coefficient (Wildman–Crippen LogP) is 2.15. The molecule has 0 radical (unpaired) electrons. The lowest BCUT2D eigenvalue weighted by Crippen LogP contribution is -2.01. The third-order valence-corrected chi connectivity index (χ3v) is 2.29. The Morgan fingerprint density at radius 3 is 2.88 bits per heavy atom. The first kappa shape index (κ1) is 12.5. The third kappa shape index (κ3) is 4.28. The fourth-order valence-corrected chi connectivity index (χ4v) is 1.50. The Morgan fingerprint density at radius 2 is 2.19 bits per heavy atom. The summed E-state index contributed by atoms with van der Waals surface area (Å²) in [4.78, 5) is 11.0. The smallest absolute Gasteiger partial charge is 0.310 e. The number of hydrogen-bond acceptors (Lipinski definition) is 3. The maximum absolute atomic E-state index is 11.0. The van der Waals surface area contributed by atoms with E-state index in [1.807, 2.05) is 18.2 Å². The molecule has 16 heavy (non-hydrogen) atoms. The molecule has 0 aliphatic rings. The van der Waals surface area contributed by atoms with Gasteiger partial charge in [0, 0.05) is 13.0 Å². The van der Waals surface area contributed by atoms with Crippen molar-refractivity contribution in [2.45, 2.75) is 25.8 Å². The van der Waals surface area contributed by atoms with Crippen LogP contribution in [0.15, 0.2) is 37.1 Å². The third-order valence-electron chi connectivity index (χ3n) is 2.29. The molecule has 0 aliphatic heterocycles. The van der Waals surface area contributed by atoms with Crippen LogP contribution >= 0.6 is 0 Å². The van der Waals surface area contributed by atoms with Gasteiger partial charge in [0.05, 0.1) is 6.26 Å². The Kier molecular flexibility index (Phi) is 5.29. The van der Waals surface area contributed by atoms with Gasteiger partial charge in [-0.1, -0.05) is 30.8 Å². The lowest BCUT2D eigenvalue weighted by Gasteiger charge is -2.03. The summed E-state index contributed by atoms with van der Waals surface area (Å²) < 4.78 is 4.63. The summed E-state index contributed by atoms with van der Waals surface area (Å²) in [6, 6.07) is 8.09. The van der Waals surface area contributed by atoms with Gasteiger partial charge in [-0.3, -0.25) is 4.79 Å². The van der Waals surface area contributed by atoms with E-state index in [1.54, 1.807) is 0 Å². The number of carbonyl (C=O) groups excluding carboxylic acids is 1. The van der Waals surface area contributed by atoms with Gasteiger partial charge in [-0.25, -0.2) is 0 Å². The van der Waals surface area contributed by atoms with E-state index in [0.717, 1.165) is 24.7 Å². The predicted molar refractivity (Wildman–Crippen MR) is 63.6 cm³/mol. The largest absolute Gasteiger partial charge is 0.435 e. The number of aryl methyl sites for hydroxylation is 1. The van der Waals surface area contributed by atoms with Crippen LogP contribution in [0.2, 0.25) is 0 Å². The molecule has 0 fully saturated rings. The molecular weight excluding hydrogens is 202 g/mol. The van der Waals surface area contributed by atoms with Crippen molar-refractivity contribution in [3.05, 3.63) is 48.2 Å². The van der Waals surface area contributed by atoms with Crippen LogP contribution in [0.5, 0.6) is 0 Å². The number of hydrogen-bond donors (Lipinski definition) is 1. The normalized spacial score (nSPS) is 9.81. The number of nitrogens with two attached hydrogens (primary N) is 1. The first-order chi connectivity index (χ1) is 7.76. The summed E-state index contributed by atoms with van der Waals surface area (Å²) in [5.74, 6) is -0.232. The lowest BCUT2D eigenvalue weighted by atomic mass is 10.1. The van der Waals surface area contributed by atoms with E-state index in [1.165, 1.54) is 5.56 Å². The first-order valence-corrected chi connectivity index (χ1v) is 5.34. The van der Waals surface area contributed by atoms with Crippen LogP contribution in [-0.4, -0.2) is 5.97 Å². The molecule has 1 rings (SSSR count). The molecule has 0 unspecified atom stereocenters.